The van der Waals surface area contributed by atoms with E-state index in [1.165, 1.54) is 0 Å². The Hall–Kier alpha value is 0.644. The largest absolute Gasteiger partial charge is 0.421 e. The van der Waals surface area contributed by atoms with E-state index in [9.17, 15) is 0 Å². The van der Waals surface area contributed by atoms with E-state index in [1.807, 2.05) is 0 Å². The lowest BCUT2D eigenvalue weighted by Gasteiger charge is -2.10. The van der Waals surface area contributed by atoms with Crippen LogP contribution in [-0.2, 0) is 4.43 Å². The molecule has 0 spiro atoms. The fourth-order valence-electron chi connectivity index (χ4n) is 0. The quantitative estimate of drug-likeness (QED) is 0.567. The molecule has 5 heteroatoms. The van der Waals surface area contributed by atoms with Gasteiger partial charge in [-0.1, -0.05) is 19.6 Å². The zero-order valence-corrected chi connectivity index (χ0v) is 13.0. The van der Waals surface area contributed by atoms with Crippen LogP contribution >= 0.6 is 11.1 Å². The zero-order valence-electron chi connectivity index (χ0n) is 10.2. The number of aliphatic hydroxyl groups excluding tert-OH is 1. The number of hydrogen-bond donors (Lipinski definition) is 1. The van der Waals surface area contributed by atoms with Crippen LogP contribution in [0, 0.1) is 0 Å². The van der Waals surface area contributed by atoms with Crippen LogP contribution in [0.3, 0.4) is 0 Å². The third kappa shape index (κ3) is 108. The molecular weight excluding hydrogens is 220 g/mol. The molecule has 0 aromatic carbocycles. The van der Waals surface area contributed by atoms with Gasteiger partial charge in [0, 0.05) is 14.2 Å². The second kappa shape index (κ2) is 9.21. The van der Waals surface area contributed by atoms with Crippen LogP contribution in [-0.4, -0.2) is 35.0 Å². The van der Waals surface area contributed by atoms with Crippen molar-refractivity contribution in [2.45, 2.75) is 39.3 Å². The molecule has 0 radical (unpaired) electrons. The molecule has 84 valence electrons. The monoisotopic (exact) mass is 244 g/mol. The van der Waals surface area contributed by atoms with Crippen LogP contribution < -0.4 is 0 Å². The summed E-state index contributed by atoms with van der Waals surface area (Å²) in [4.78, 5) is 0. The van der Waals surface area contributed by atoms with Crippen molar-refractivity contribution in [3.8, 4) is 0 Å². The van der Waals surface area contributed by atoms with E-state index < -0.39 is 15.7 Å². The molecule has 0 bridgehead atoms. The first-order valence-corrected chi connectivity index (χ1v) is 12.2. The van der Waals surface area contributed by atoms with Crippen LogP contribution in [0.2, 0.25) is 39.3 Å². The second-order valence-corrected chi connectivity index (χ2v) is 16.6. The summed E-state index contributed by atoms with van der Waals surface area (Å²) in [6.45, 7) is 12.8. The molecule has 0 heterocycles. The molecule has 0 saturated carbocycles. The van der Waals surface area contributed by atoms with Gasteiger partial charge < -0.3 is 9.53 Å². The van der Waals surface area contributed by atoms with Gasteiger partial charge in [0.15, 0.2) is 8.32 Å². The highest BCUT2D eigenvalue weighted by molar-refractivity contribution is 7.18. The molecule has 0 amide bonds. The predicted octanol–water partition coefficient (Wildman–Crippen LogP) is 3.14. The van der Waals surface area contributed by atoms with Crippen molar-refractivity contribution in [2.24, 2.45) is 0 Å². The number of aliphatic hydroxyl groups is 1. The van der Waals surface area contributed by atoms with Crippen molar-refractivity contribution in [1.29, 1.82) is 0 Å². The zero-order chi connectivity index (χ0) is 11.7. The fraction of sp³-hybridized carbons (Fsp3) is 1.00. The van der Waals surface area contributed by atoms with Gasteiger partial charge in [0.1, 0.15) is 7.38 Å². The first-order chi connectivity index (χ1) is 5.56. The minimum absolute atomic E-state index is 1.00. The second-order valence-electron chi connectivity index (χ2n) is 4.38. The summed E-state index contributed by atoms with van der Waals surface area (Å²) in [5, 5.41) is 7.00. The maximum atomic E-state index is 7.00. The van der Waals surface area contributed by atoms with Gasteiger partial charge in [0.2, 0.25) is 0 Å². The van der Waals surface area contributed by atoms with Crippen molar-refractivity contribution in [3.63, 3.8) is 0 Å². The maximum absolute atomic E-state index is 7.00. The van der Waals surface area contributed by atoms with Gasteiger partial charge in [-0.25, -0.2) is 0 Å². The minimum atomic E-state index is -1.14. The van der Waals surface area contributed by atoms with Crippen LogP contribution in [0.5, 0.6) is 0 Å². The SMILES string of the molecule is CO.CO[Si](C)(C)C.C[Si](C)(C)Cl. The molecule has 2 nitrogen and oxygen atoms in total. The van der Waals surface area contributed by atoms with E-state index in [0.717, 1.165) is 7.11 Å². The molecule has 0 aromatic heterocycles. The van der Waals surface area contributed by atoms with E-state index >= 15 is 0 Å². The van der Waals surface area contributed by atoms with Crippen LogP contribution in [0.1, 0.15) is 0 Å². The van der Waals surface area contributed by atoms with Crippen LogP contribution in [0.15, 0.2) is 0 Å². The smallest absolute Gasteiger partial charge is 0.183 e. The lowest BCUT2D eigenvalue weighted by Crippen LogP contribution is -2.22. The molecule has 0 aliphatic rings. The highest BCUT2D eigenvalue weighted by atomic mass is 35.6. The molecular formula is C8H25ClO2Si2. The van der Waals surface area contributed by atoms with Gasteiger partial charge >= 0.3 is 0 Å². The molecule has 1 N–H and O–H groups in total. The van der Waals surface area contributed by atoms with Gasteiger partial charge in [-0.3, -0.25) is 0 Å². The molecule has 0 fully saturated rings. The lowest BCUT2D eigenvalue weighted by molar-refractivity contribution is 0.399. The van der Waals surface area contributed by atoms with Gasteiger partial charge in [0.25, 0.3) is 0 Å². The van der Waals surface area contributed by atoms with E-state index in [2.05, 4.69) is 39.3 Å². The Balaban J connectivity index is -0.000000131. The van der Waals surface area contributed by atoms with Crippen molar-refractivity contribution in [2.75, 3.05) is 14.2 Å². The fourth-order valence-corrected chi connectivity index (χ4v) is 0. The van der Waals surface area contributed by atoms with Crippen molar-refractivity contribution in [3.05, 3.63) is 0 Å². The third-order valence-corrected chi connectivity index (χ3v) is 1.84. The van der Waals surface area contributed by atoms with E-state index in [-0.39, 0.29) is 0 Å². The average molecular weight is 245 g/mol. The molecule has 0 saturated heterocycles. The first kappa shape index (κ1) is 19.3. The number of hydrogen-bond acceptors (Lipinski definition) is 2. The van der Waals surface area contributed by atoms with Crippen molar-refractivity contribution >= 4 is 26.8 Å². The van der Waals surface area contributed by atoms with Crippen LogP contribution in [0.4, 0.5) is 0 Å². The summed E-state index contributed by atoms with van der Waals surface area (Å²) in [5.41, 5.74) is 0. The normalized spacial score (nSPS) is 10.6. The number of rotatable bonds is 1. The van der Waals surface area contributed by atoms with E-state index in [0.29, 0.717) is 0 Å². The maximum Gasteiger partial charge on any atom is 0.183 e. The Morgan fingerprint density at radius 2 is 1.00 bits per heavy atom. The molecule has 0 rings (SSSR count). The lowest BCUT2D eigenvalue weighted by atomic mass is 11.8. The summed E-state index contributed by atoms with van der Waals surface area (Å²) in [6, 6.07) is 0. The molecule has 0 unspecified atom stereocenters. The summed E-state index contributed by atoms with van der Waals surface area (Å²) in [7, 11) is 0.500. The average Bonchev–Trinajstić information content (AvgIpc) is 1.87. The molecule has 0 aromatic rings. The Morgan fingerprint density at radius 3 is 1.00 bits per heavy atom. The highest BCUT2D eigenvalue weighted by Crippen LogP contribution is 2.03. The standard InChI is InChI=1S/C4H12OSi.C3H9ClSi.CH4O/c1-5-6(2,3)4;1-5(2,3)4;1-2/h1-4H3;1-3H3;2H,1H3. The topological polar surface area (TPSA) is 29.5 Å². The summed E-state index contributed by atoms with van der Waals surface area (Å²) in [6.07, 6.45) is 0. The van der Waals surface area contributed by atoms with Gasteiger partial charge in [-0.15, -0.1) is 0 Å². The van der Waals surface area contributed by atoms with Crippen LogP contribution in [0.25, 0.3) is 0 Å². The van der Waals surface area contributed by atoms with Gasteiger partial charge in [-0.05, 0) is 19.6 Å². The first-order valence-electron chi connectivity index (χ1n) is 4.25. The Bertz CT molecular complexity index is 91.3. The predicted molar refractivity (Wildman–Crippen MR) is 67.7 cm³/mol. The van der Waals surface area contributed by atoms with Crippen molar-refractivity contribution < 1.29 is 9.53 Å². The summed E-state index contributed by atoms with van der Waals surface area (Å²) < 4.78 is 5.08. The molecule has 0 aliphatic heterocycles. The van der Waals surface area contributed by atoms with Gasteiger partial charge in [0.05, 0.1) is 0 Å². The summed E-state index contributed by atoms with van der Waals surface area (Å²) >= 11 is 5.67. The van der Waals surface area contributed by atoms with E-state index in [4.69, 9.17) is 20.6 Å². The Morgan fingerprint density at radius 1 is 0.923 bits per heavy atom. The molecule has 0 aliphatic carbocycles. The Labute approximate surface area is 90.1 Å². The number of halogens is 1. The Kier molecular flexibility index (Phi) is 13.6. The molecule has 13 heavy (non-hydrogen) atoms. The minimum Gasteiger partial charge on any atom is -0.421 e. The summed E-state index contributed by atoms with van der Waals surface area (Å²) in [5.74, 6) is 0. The molecule has 0 atom stereocenters. The van der Waals surface area contributed by atoms with E-state index in [1.54, 1.807) is 7.11 Å². The highest BCUT2D eigenvalue weighted by Gasteiger charge is 2.09. The third-order valence-electron chi connectivity index (χ3n) is 0.612. The van der Waals surface area contributed by atoms with Crippen molar-refractivity contribution in [1.82, 2.24) is 0 Å². The van der Waals surface area contributed by atoms with Gasteiger partial charge in [-0.2, -0.15) is 11.1 Å².